The Hall–Kier alpha value is -4.60. The summed E-state index contributed by atoms with van der Waals surface area (Å²) in [6.07, 6.45) is 7.56. The molecule has 0 aliphatic rings. The number of benzene rings is 2. The van der Waals surface area contributed by atoms with Gasteiger partial charge in [0.15, 0.2) is 11.3 Å². The second-order valence-electron chi connectivity index (χ2n) is 8.66. The quantitative estimate of drug-likeness (QED) is 0.0971. The zero-order valence-electron chi connectivity index (χ0n) is 21.6. The van der Waals surface area contributed by atoms with Gasteiger partial charge < -0.3 is 9.97 Å². The summed E-state index contributed by atoms with van der Waals surface area (Å²) < 4.78 is 2.20. The lowest BCUT2D eigenvalue weighted by molar-refractivity contribution is 1.01. The van der Waals surface area contributed by atoms with Gasteiger partial charge in [0.1, 0.15) is 11.0 Å². The lowest BCUT2D eigenvalue weighted by atomic mass is 10.2. The normalized spacial score (nSPS) is 12.1. The van der Waals surface area contributed by atoms with Gasteiger partial charge >= 0.3 is 0 Å². The zero-order valence-corrected chi connectivity index (χ0v) is 24.0. The summed E-state index contributed by atoms with van der Waals surface area (Å²) in [7, 11) is 0. The molecule has 0 saturated carbocycles. The van der Waals surface area contributed by atoms with Gasteiger partial charge in [-0.05, 0) is 24.6 Å². The maximum atomic E-state index is 4.53. The first-order valence-electron chi connectivity index (χ1n) is 12.3. The van der Waals surface area contributed by atoms with Crippen LogP contribution >= 0.6 is 34.9 Å². The molecule has 0 aliphatic carbocycles. The summed E-state index contributed by atoms with van der Waals surface area (Å²) in [5, 5.41) is 27.8. The molecule has 5 aromatic heterocycles. The van der Waals surface area contributed by atoms with Gasteiger partial charge in [0.2, 0.25) is 0 Å². The van der Waals surface area contributed by atoms with Crippen molar-refractivity contribution in [3.05, 3.63) is 59.7 Å². The van der Waals surface area contributed by atoms with Crippen molar-refractivity contribution in [2.75, 3.05) is 23.4 Å². The highest BCUT2D eigenvalue weighted by molar-refractivity contribution is 8.02. The monoisotopic (exact) mass is 596 g/mol. The number of aromatic nitrogens is 8. The minimum absolute atomic E-state index is 0.292. The Bertz CT molecular complexity index is 1960. The van der Waals surface area contributed by atoms with Crippen LogP contribution in [0.5, 0.6) is 0 Å². The lowest BCUT2D eigenvalue weighted by Gasteiger charge is -2.00. The fraction of sp³-hybridized carbons (Fsp3) is 0.0769. The molecule has 202 valence electrons. The highest BCUT2D eigenvalue weighted by atomic mass is 32.2. The third-order valence-electron chi connectivity index (χ3n) is 6.25. The van der Waals surface area contributed by atoms with Gasteiger partial charge in [0.05, 0.1) is 20.8 Å². The first kappa shape index (κ1) is 25.4. The molecule has 0 amide bonds. The van der Waals surface area contributed by atoms with E-state index in [9.17, 15) is 0 Å². The van der Waals surface area contributed by atoms with Crippen LogP contribution in [-0.4, -0.2) is 65.3 Å². The SMILES string of the molecule is CSc1sc(SC)c(/C=N\Nc2nnc3c(n2)[nH]c2ccccc23)c1/C=N\Nc1nnc2c(n1)[nH]c1ccccc12. The van der Waals surface area contributed by atoms with Crippen molar-refractivity contribution >= 4 is 103 Å². The summed E-state index contributed by atoms with van der Waals surface area (Å²) >= 11 is 4.97. The first-order chi connectivity index (χ1) is 20.2. The number of nitrogens with one attached hydrogen (secondary N) is 4. The molecule has 0 fully saturated rings. The van der Waals surface area contributed by atoms with Crippen LogP contribution in [0.3, 0.4) is 0 Å². The average molecular weight is 597 g/mol. The maximum absolute atomic E-state index is 4.53. The molecule has 2 aromatic carbocycles. The molecule has 4 N–H and O–H groups in total. The second-order valence-corrected chi connectivity index (χ2v) is 11.8. The number of hydrazone groups is 2. The maximum Gasteiger partial charge on any atom is 0.265 e. The molecule has 0 saturated heterocycles. The number of fused-ring (bicyclic) bond motifs is 6. The molecule has 7 rings (SSSR count). The van der Waals surface area contributed by atoms with Gasteiger partial charge in [0, 0.05) is 32.9 Å². The molecule has 15 heteroatoms. The summed E-state index contributed by atoms with van der Waals surface area (Å²) in [6, 6.07) is 15.8. The van der Waals surface area contributed by atoms with Crippen molar-refractivity contribution in [1.29, 1.82) is 0 Å². The molecular formula is C26H20N12S3. The van der Waals surface area contributed by atoms with E-state index < -0.39 is 0 Å². The molecule has 0 spiro atoms. The summed E-state index contributed by atoms with van der Waals surface area (Å²) in [6.45, 7) is 0. The third-order valence-corrected chi connectivity index (χ3v) is 9.74. The Labute approximate surface area is 244 Å². The molecular weight excluding hydrogens is 577 g/mol. The van der Waals surface area contributed by atoms with Crippen molar-refractivity contribution < 1.29 is 0 Å². The van der Waals surface area contributed by atoms with Crippen LogP contribution in [0, 0.1) is 0 Å². The van der Waals surface area contributed by atoms with Gasteiger partial charge in [-0.2, -0.15) is 20.2 Å². The van der Waals surface area contributed by atoms with E-state index in [1.807, 2.05) is 61.0 Å². The van der Waals surface area contributed by atoms with Crippen LogP contribution in [0.25, 0.3) is 44.1 Å². The Kier molecular flexibility index (Phi) is 6.66. The second kappa shape index (κ2) is 10.8. The van der Waals surface area contributed by atoms with Crippen molar-refractivity contribution in [3.63, 3.8) is 0 Å². The Morgan fingerprint density at radius 1 is 0.683 bits per heavy atom. The summed E-state index contributed by atoms with van der Waals surface area (Å²) in [5.41, 5.74) is 12.3. The van der Waals surface area contributed by atoms with E-state index in [1.54, 1.807) is 47.3 Å². The van der Waals surface area contributed by atoms with Gasteiger partial charge in [-0.1, -0.05) is 36.4 Å². The number of aromatic amines is 2. The van der Waals surface area contributed by atoms with Gasteiger partial charge in [-0.25, -0.2) is 10.9 Å². The predicted octanol–water partition coefficient (Wildman–Crippen LogP) is 5.72. The van der Waals surface area contributed by atoms with E-state index in [2.05, 4.69) is 61.4 Å². The number of H-pyrrole nitrogens is 2. The highest BCUT2D eigenvalue weighted by Crippen LogP contribution is 2.38. The Morgan fingerprint density at radius 2 is 1.15 bits per heavy atom. The van der Waals surface area contributed by atoms with Crippen molar-refractivity contribution in [3.8, 4) is 0 Å². The number of nitrogens with zero attached hydrogens (tertiary/aromatic N) is 8. The number of para-hydroxylation sites is 2. The zero-order chi connectivity index (χ0) is 27.8. The average Bonchev–Trinajstić information content (AvgIpc) is 3.67. The fourth-order valence-corrected chi connectivity index (χ4v) is 7.21. The minimum Gasteiger partial charge on any atom is -0.338 e. The summed E-state index contributed by atoms with van der Waals surface area (Å²) in [4.78, 5) is 15.6. The van der Waals surface area contributed by atoms with Crippen LogP contribution in [0.4, 0.5) is 11.9 Å². The van der Waals surface area contributed by atoms with Gasteiger partial charge in [-0.3, -0.25) is 0 Å². The van der Waals surface area contributed by atoms with E-state index >= 15 is 0 Å². The number of anilines is 2. The topological polar surface area (TPSA) is 158 Å². The first-order valence-corrected chi connectivity index (χ1v) is 15.5. The molecule has 0 unspecified atom stereocenters. The molecule has 0 atom stereocenters. The number of thioether (sulfide) groups is 2. The molecule has 0 radical (unpaired) electrons. The van der Waals surface area contributed by atoms with E-state index in [0.717, 1.165) is 52.4 Å². The van der Waals surface area contributed by atoms with Crippen LogP contribution < -0.4 is 10.9 Å². The summed E-state index contributed by atoms with van der Waals surface area (Å²) in [5.74, 6) is 0.584. The molecule has 7 aromatic rings. The standard InChI is InChI=1S/C26H20N12S3/c1-39-23-15(11-27-35-25-31-21-19(33-37-25)13-7-3-5-9-17(13)29-21)16(24(40-2)41-23)12-28-36-26-32-22-20(34-38-26)14-8-4-6-10-18(14)30-22/h3-12H,1-2H3,(H2,29,31,35,37)(H2,30,32,36,38)/b27-11-,28-12-. The Balaban J connectivity index is 1.13. The largest absolute Gasteiger partial charge is 0.338 e. The molecule has 0 bridgehead atoms. The number of thiophene rings is 1. The number of hydrogen-bond acceptors (Lipinski definition) is 13. The van der Waals surface area contributed by atoms with Gasteiger partial charge in [-0.15, -0.1) is 55.3 Å². The highest BCUT2D eigenvalue weighted by Gasteiger charge is 2.16. The van der Waals surface area contributed by atoms with Crippen LogP contribution in [0.1, 0.15) is 11.1 Å². The third kappa shape index (κ3) is 4.73. The molecule has 0 aliphatic heterocycles. The van der Waals surface area contributed by atoms with E-state index in [4.69, 9.17) is 0 Å². The predicted molar refractivity (Wildman–Crippen MR) is 169 cm³/mol. The van der Waals surface area contributed by atoms with Gasteiger partial charge in [0.25, 0.3) is 11.9 Å². The number of rotatable bonds is 8. The molecule has 41 heavy (non-hydrogen) atoms. The Morgan fingerprint density at radius 3 is 1.61 bits per heavy atom. The number of hydrogen-bond donors (Lipinski definition) is 4. The van der Waals surface area contributed by atoms with Crippen LogP contribution in [0.15, 0.2) is 67.2 Å². The molecule has 12 nitrogen and oxygen atoms in total. The minimum atomic E-state index is 0.292. The van der Waals surface area contributed by atoms with E-state index in [0.29, 0.717) is 23.2 Å². The fourth-order valence-electron chi connectivity index (χ4n) is 4.41. The molecule has 5 heterocycles. The van der Waals surface area contributed by atoms with Crippen molar-refractivity contribution in [2.24, 2.45) is 10.2 Å². The van der Waals surface area contributed by atoms with E-state index in [-0.39, 0.29) is 0 Å². The smallest absolute Gasteiger partial charge is 0.265 e. The van der Waals surface area contributed by atoms with E-state index in [1.165, 1.54) is 0 Å². The van der Waals surface area contributed by atoms with Crippen molar-refractivity contribution in [2.45, 2.75) is 8.42 Å². The van der Waals surface area contributed by atoms with Crippen LogP contribution in [-0.2, 0) is 0 Å². The van der Waals surface area contributed by atoms with Crippen LogP contribution in [0.2, 0.25) is 0 Å². The lowest BCUT2D eigenvalue weighted by Crippen LogP contribution is -2.01. The van der Waals surface area contributed by atoms with Crippen molar-refractivity contribution in [1.82, 2.24) is 40.3 Å².